The zero-order valence-corrected chi connectivity index (χ0v) is 18.9. The molecule has 0 radical (unpaired) electrons. The van der Waals surface area contributed by atoms with E-state index < -0.39 is 23.4 Å². The summed E-state index contributed by atoms with van der Waals surface area (Å²) in [5.41, 5.74) is 7.95. The third kappa shape index (κ3) is 3.59. The van der Waals surface area contributed by atoms with E-state index in [0.717, 1.165) is 0 Å². The second-order valence-corrected chi connectivity index (χ2v) is 8.64. The van der Waals surface area contributed by atoms with Crippen molar-refractivity contribution in [1.82, 2.24) is 4.57 Å². The number of hydrogen-bond acceptors (Lipinski definition) is 1. The van der Waals surface area contributed by atoms with Crippen molar-refractivity contribution in [2.45, 2.75) is 6.54 Å². The lowest BCUT2D eigenvalue weighted by molar-refractivity contribution is 0.100. The van der Waals surface area contributed by atoms with Gasteiger partial charge >= 0.3 is 0 Å². The predicted molar refractivity (Wildman–Crippen MR) is 129 cm³/mol. The molecule has 0 aliphatic carbocycles. The van der Waals surface area contributed by atoms with Crippen LogP contribution in [0.3, 0.4) is 0 Å². The van der Waals surface area contributed by atoms with Crippen molar-refractivity contribution in [3.63, 3.8) is 0 Å². The lowest BCUT2D eigenvalue weighted by atomic mass is 10.0. The number of hydrogen-bond donors (Lipinski definition) is 1. The molecule has 0 spiro atoms. The maximum atomic E-state index is 14.6. The highest BCUT2D eigenvalue weighted by Gasteiger charge is 2.20. The molecule has 0 aliphatic heterocycles. The lowest BCUT2D eigenvalue weighted by Gasteiger charge is -2.12. The molecule has 0 atom stereocenters. The third-order valence-corrected chi connectivity index (χ3v) is 6.46. The van der Waals surface area contributed by atoms with Crippen LogP contribution in [0.25, 0.3) is 32.9 Å². The Morgan fingerprint density at radius 3 is 2.15 bits per heavy atom. The molecule has 8 heteroatoms. The van der Waals surface area contributed by atoms with Crippen LogP contribution >= 0.6 is 23.2 Å². The number of halogens is 5. The second kappa shape index (κ2) is 8.38. The average molecular weight is 499 g/mol. The van der Waals surface area contributed by atoms with Gasteiger partial charge in [0.25, 0.3) is 0 Å². The molecule has 0 saturated heterocycles. The van der Waals surface area contributed by atoms with Gasteiger partial charge in [-0.2, -0.15) is 0 Å². The number of carbonyl (C=O) groups is 1. The Labute approximate surface area is 202 Å². The van der Waals surface area contributed by atoms with Gasteiger partial charge in [-0.15, -0.1) is 0 Å². The van der Waals surface area contributed by atoms with Crippen molar-refractivity contribution in [1.29, 1.82) is 0 Å². The molecular formula is C26H15Cl2F3N2O. The summed E-state index contributed by atoms with van der Waals surface area (Å²) in [6.45, 7) is -0.250. The number of primary amides is 1. The Hall–Kier alpha value is -3.48. The zero-order valence-electron chi connectivity index (χ0n) is 17.4. The molecule has 0 saturated carbocycles. The van der Waals surface area contributed by atoms with Crippen molar-refractivity contribution >= 4 is 50.9 Å². The fraction of sp³-hybridized carbons (Fsp3) is 0.0385. The molecule has 3 nitrogen and oxygen atoms in total. The van der Waals surface area contributed by atoms with Gasteiger partial charge in [0.05, 0.1) is 17.6 Å². The largest absolute Gasteiger partial charge is 0.366 e. The maximum absolute atomic E-state index is 14.6. The molecule has 0 fully saturated rings. The number of aromatic nitrogens is 1. The van der Waals surface area contributed by atoms with Crippen LogP contribution in [0.2, 0.25) is 10.0 Å². The van der Waals surface area contributed by atoms with Crippen LogP contribution in [-0.2, 0) is 6.54 Å². The molecule has 1 aromatic heterocycles. The lowest BCUT2D eigenvalue weighted by Crippen LogP contribution is -2.11. The van der Waals surface area contributed by atoms with E-state index in [1.165, 1.54) is 0 Å². The Morgan fingerprint density at radius 1 is 0.853 bits per heavy atom. The first-order valence-electron chi connectivity index (χ1n) is 10.2. The maximum Gasteiger partial charge on any atom is 0.249 e. The summed E-state index contributed by atoms with van der Waals surface area (Å²) in [5.74, 6) is -3.66. The minimum Gasteiger partial charge on any atom is -0.366 e. The van der Waals surface area contributed by atoms with E-state index in [0.29, 0.717) is 55.1 Å². The van der Waals surface area contributed by atoms with Gasteiger partial charge in [-0.25, -0.2) is 13.2 Å². The summed E-state index contributed by atoms with van der Waals surface area (Å²) in [6, 6.07) is 16.7. The molecule has 2 N–H and O–H groups in total. The van der Waals surface area contributed by atoms with Gasteiger partial charge < -0.3 is 10.3 Å². The molecule has 1 heterocycles. The van der Waals surface area contributed by atoms with Crippen LogP contribution < -0.4 is 5.73 Å². The molecule has 0 aliphatic rings. The van der Waals surface area contributed by atoms with E-state index in [2.05, 4.69) is 0 Å². The van der Waals surface area contributed by atoms with Crippen molar-refractivity contribution < 1.29 is 18.0 Å². The predicted octanol–water partition coefficient (Wildman–Crippen LogP) is 7.33. The fourth-order valence-electron chi connectivity index (χ4n) is 4.33. The molecule has 5 aromatic rings. The Bertz CT molecular complexity index is 1590. The molecule has 5 rings (SSSR count). The number of fused-ring (bicyclic) bond motifs is 3. The van der Waals surface area contributed by atoms with E-state index >= 15 is 0 Å². The minimum atomic E-state index is -1.01. The monoisotopic (exact) mass is 498 g/mol. The normalized spacial score (nSPS) is 11.4. The van der Waals surface area contributed by atoms with E-state index in [1.807, 2.05) is 0 Å². The molecule has 4 aromatic carbocycles. The Morgan fingerprint density at radius 2 is 1.50 bits per heavy atom. The summed E-state index contributed by atoms with van der Waals surface area (Å²) >= 11 is 12.8. The summed E-state index contributed by atoms with van der Waals surface area (Å²) in [6.07, 6.45) is 0. The molecule has 34 heavy (non-hydrogen) atoms. The summed E-state index contributed by atoms with van der Waals surface area (Å²) in [5, 5.41) is 2.06. The fourth-order valence-corrected chi connectivity index (χ4v) is 4.95. The highest BCUT2D eigenvalue weighted by Crippen LogP contribution is 2.39. The van der Waals surface area contributed by atoms with Crippen LogP contribution in [0.5, 0.6) is 0 Å². The smallest absolute Gasteiger partial charge is 0.249 e. The van der Waals surface area contributed by atoms with Crippen LogP contribution in [0.1, 0.15) is 15.9 Å². The summed E-state index contributed by atoms with van der Waals surface area (Å²) < 4.78 is 44.3. The number of nitrogens with zero attached hydrogens (tertiary/aromatic N) is 1. The molecule has 170 valence electrons. The van der Waals surface area contributed by atoms with Crippen molar-refractivity contribution in [2.75, 3.05) is 0 Å². The quantitative estimate of drug-likeness (QED) is 0.277. The topological polar surface area (TPSA) is 48.0 Å². The van der Waals surface area contributed by atoms with Gasteiger partial charge in [0.1, 0.15) is 17.5 Å². The SMILES string of the molecule is NC(=O)c1cccc2c1c1ccc(-c3c(Cl)cccc3Cl)cc1n2Cc1c(F)cc(F)cc1F. The number of benzene rings is 4. The number of amides is 1. The van der Waals surface area contributed by atoms with Crippen molar-refractivity contribution in [3.8, 4) is 11.1 Å². The van der Waals surface area contributed by atoms with E-state index in [9.17, 15) is 18.0 Å². The average Bonchev–Trinajstić information content (AvgIpc) is 3.09. The molecule has 1 amide bonds. The van der Waals surface area contributed by atoms with Crippen LogP contribution in [0.4, 0.5) is 13.2 Å². The molecule has 0 bridgehead atoms. The Kier molecular flexibility index (Phi) is 5.50. The first-order valence-corrected chi connectivity index (χ1v) is 10.9. The summed E-state index contributed by atoms with van der Waals surface area (Å²) in [4.78, 5) is 12.2. The third-order valence-electron chi connectivity index (χ3n) is 5.83. The van der Waals surface area contributed by atoms with Crippen molar-refractivity contribution in [3.05, 3.63) is 105 Å². The Balaban J connectivity index is 1.85. The van der Waals surface area contributed by atoms with Gasteiger partial charge in [0.2, 0.25) is 5.91 Å². The van der Waals surface area contributed by atoms with Crippen molar-refractivity contribution in [2.24, 2.45) is 5.73 Å². The van der Waals surface area contributed by atoms with E-state index in [-0.39, 0.29) is 17.7 Å². The van der Waals surface area contributed by atoms with Crippen LogP contribution in [-0.4, -0.2) is 10.5 Å². The van der Waals surface area contributed by atoms with Gasteiger partial charge in [0.15, 0.2) is 0 Å². The summed E-state index contributed by atoms with van der Waals surface area (Å²) in [7, 11) is 0. The highest BCUT2D eigenvalue weighted by atomic mass is 35.5. The number of nitrogens with two attached hydrogens (primary N) is 1. The first-order chi connectivity index (χ1) is 16.3. The van der Waals surface area contributed by atoms with Gasteiger partial charge in [-0.3, -0.25) is 4.79 Å². The standard InChI is InChI=1S/C26H15Cl2F3N2O/c27-18-4-2-5-19(28)24(18)13-7-8-15-23(9-13)33(12-17-20(30)10-14(29)11-21(17)31)22-6-1-3-16(25(15)22)26(32)34/h1-11H,12H2,(H2,32,34). The van der Waals surface area contributed by atoms with Gasteiger partial charge in [-0.05, 0) is 35.9 Å². The second-order valence-electron chi connectivity index (χ2n) is 7.83. The minimum absolute atomic E-state index is 0.250. The molecule has 0 unspecified atom stereocenters. The zero-order chi connectivity index (χ0) is 24.1. The van der Waals surface area contributed by atoms with E-state index in [1.54, 1.807) is 59.2 Å². The van der Waals surface area contributed by atoms with Gasteiger partial charge in [-0.1, -0.05) is 47.5 Å². The van der Waals surface area contributed by atoms with E-state index in [4.69, 9.17) is 28.9 Å². The van der Waals surface area contributed by atoms with Gasteiger partial charge in [0, 0.05) is 49.6 Å². The van der Waals surface area contributed by atoms with Crippen LogP contribution in [0.15, 0.2) is 66.7 Å². The molecular weight excluding hydrogens is 484 g/mol. The number of rotatable bonds is 4. The van der Waals surface area contributed by atoms with Crippen LogP contribution in [0, 0.1) is 17.5 Å². The highest BCUT2D eigenvalue weighted by molar-refractivity contribution is 6.39. The first kappa shape index (κ1) is 22.3. The number of carbonyl (C=O) groups excluding carboxylic acids is 1.